The molecule has 17 heteroatoms. The number of hydrogen-bond donors (Lipinski definition) is 2. The van der Waals surface area contributed by atoms with Crippen LogP contribution in [0.3, 0.4) is 0 Å². The van der Waals surface area contributed by atoms with Crippen molar-refractivity contribution >= 4 is 29.3 Å². The highest BCUT2D eigenvalue weighted by atomic mass is 35.5. The van der Waals surface area contributed by atoms with Gasteiger partial charge in [0.25, 0.3) is 5.56 Å². The van der Waals surface area contributed by atoms with Crippen molar-refractivity contribution in [1.29, 1.82) is 0 Å². The van der Waals surface area contributed by atoms with Crippen molar-refractivity contribution in [3.8, 4) is 0 Å². The average molecular weight is 745 g/mol. The number of rotatable bonds is 8. The molecular weight excluding hydrogens is 702 g/mol. The molecule has 3 aliphatic heterocycles. The second kappa shape index (κ2) is 14.8. The van der Waals surface area contributed by atoms with Gasteiger partial charge in [-0.1, -0.05) is 0 Å². The lowest BCUT2D eigenvalue weighted by Gasteiger charge is -2.47. The third-order valence-electron chi connectivity index (χ3n) is 11.1. The number of aryl methyl sites for hydroxylation is 1. The molecule has 9 nitrogen and oxygen atoms in total. The Morgan fingerprint density at radius 2 is 1.82 bits per heavy atom. The van der Waals surface area contributed by atoms with Crippen molar-refractivity contribution < 1.29 is 45.7 Å². The number of aliphatic carboxylic acids is 1. The van der Waals surface area contributed by atoms with Gasteiger partial charge in [0.1, 0.15) is 0 Å². The lowest BCUT2D eigenvalue weighted by molar-refractivity contribution is -0.346. The molecule has 2 aliphatic carbocycles. The maximum atomic E-state index is 14.3. The monoisotopic (exact) mass is 744 g/mol. The number of aromatic nitrogens is 2. The smallest absolute Gasteiger partial charge is 0.481 e. The third-order valence-corrected chi connectivity index (χ3v) is 13.1. The maximum absolute atomic E-state index is 14.3. The van der Waals surface area contributed by atoms with E-state index in [9.17, 15) is 41.0 Å². The van der Waals surface area contributed by atoms with Crippen LogP contribution >= 0.6 is 23.4 Å². The highest BCUT2D eigenvalue weighted by Crippen LogP contribution is 2.48. The van der Waals surface area contributed by atoms with Crippen molar-refractivity contribution in [2.45, 2.75) is 125 Å². The van der Waals surface area contributed by atoms with Crippen molar-refractivity contribution in [2.24, 2.45) is 17.8 Å². The number of halogens is 7. The molecule has 1 saturated carbocycles. The molecule has 276 valence electrons. The number of ether oxygens (including phenoxy) is 2. The molecule has 0 bridgehead atoms. The Bertz CT molecular complexity index is 1410. The second-order valence-electron chi connectivity index (χ2n) is 14.2. The molecule has 0 radical (unpaired) electrons. The van der Waals surface area contributed by atoms with Gasteiger partial charge < -0.3 is 15.2 Å². The van der Waals surface area contributed by atoms with E-state index in [0.29, 0.717) is 49.1 Å². The van der Waals surface area contributed by atoms with Gasteiger partial charge >= 0.3 is 18.5 Å². The van der Waals surface area contributed by atoms with Gasteiger partial charge in [0.2, 0.25) is 5.82 Å². The molecule has 4 fully saturated rings. The molecule has 1 aromatic rings. The fourth-order valence-electron chi connectivity index (χ4n) is 8.89. The lowest BCUT2D eigenvalue weighted by Crippen LogP contribution is -2.57. The lowest BCUT2D eigenvalue weighted by atomic mass is 9.70. The van der Waals surface area contributed by atoms with Crippen molar-refractivity contribution in [3.63, 3.8) is 0 Å². The molecule has 9 atom stereocenters. The Labute approximate surface area is 289 Å². The molecule has 0 amide bonds. The number of carboxylic acids is 1. The van der Waals surface area contributed by atoms with Crippen LogP contribution in [-0.2, 0) is 39.8 Å². The first-order valence-electron chi connectivity index (χ1n) is 17.1. The molecule has 0 spiro atoms. The summed E-state index contributed by atoms with van der Waals surface area (Å²) in [5.41, 5.74) is -0.441. The van der Waals surface area contributed by atoms with E-state index < -0.39 is 41.9 Å². The van der Waals surface area contributed by atoms with Gasteiger partial charge in [0.15, 0.2) is 0 Å². The summed E-state index contributed by atoms with van der Waals surface area (Å²) in [7, 11) is 0. The number of nitrogens with one attached hydrogen (secondary N) is 1. The molecule has 1 aromatic heterocycles. The fraction of sp³-hybridized carbons (Fsp3) is 0.844. The number of nitrogens with zero attached hydrogens (tertiary/aromatic N) is 3. The Balaban J connectivity index is 1.15. The van der Waals surface area contributed by atoms with E-state index in [1.165, 1.54) is 0 Å². The topological polar surface area (TPSA) is 106 Å². The molecular formula is C32H43ClF6N4O5S. The quantitative estimate of drug-likeness (QED) is 0.278. The summed E-state index contributed by atoms with van der Waals surface area (Å²) < 4.78 is 92.0. The van der Waals surface area contributed by atoms with E-state index in [2.05, 4.69) is 15.0 Å². The average Bonchev–Trinajstić information content (AvgIpc) is 3.45. The zero-order valence-electron chi connectivity index (χ0n) is 27.1. The number of carbonyl (C=O) groups is 1. The molecule has 3 saturated heterocycles. The number of thioether (sulfide) groups is 1. The summed E-state index contributed by atoms with van der Waals surface area (Å²) >= 11 is 8.29. The predicted molar refractivity (Wildman–Crippen MR) is 170 cm³/mol. The highest BCUT2D eigenvalue weighted by molar-refractivity contribution is 8.00. The SMILES string of the molecule is CC1CC(C2CC(Cl)CCC2OCCn2c(C(F)(F)F)nc3c(c2=O)C[C@@H](N2CCC(OC(F)(F)F)CC2)CC3)C2SCC(C(=O)O)C2N1. The van der Waals surface area contributed by atoms with E-state index in [1.807, 2.05) is 11.8 Å². The first-order valence-corrected chi connectivity index (χ1v) is 18.6. The number of carboxylic acid groups (broad SMARTS) is 1. The van der Waals surface area contributed by atoms with Crippen LogP contribution in [0.1, 0.15) is 69.0 Å². The summed E-state index contributed by atoms with van der Waals surface area (Å²) in [5.74, 6) is -1.99. The summed E-state index contributed by atoms with van der Waals surface area (Å²) in [6.45, 7) is 2.19. The summed E-state index contributed by atoms with van der Waals surface area (Å²) in [6.07, 6.45) is -6.99. The van der Waals surface area contributed by atoms with Crippen LogP contribution in [-0.4, -0.2) is 98.3 Å². The zero-order valence-corrected chi connectivity index (χ0v) is 28.7. The molecule has 6 rings (SSSR count). The van der Waals surface area contributed by atoms with Gasteiger partial charge in [0.05, 0.1) is 37.0 Å². The Morgan fingerprint density at radius 1 is 1.08 bits per heavy atom. The van der Waals surface area contributed by atoms with Crippen LogP contribution in [0.2, 0.25) is 0 Å². The van der Waals surface area contributed by atoms with E-state index in [1.54, 1.807) is 11.8 Å². The van der Waals surface area contributed by atoms with Gasteiger partial charge in [0, 0.05) is 53.2 Å². The number of alkyl halides is 7. The molecule has 0 aromatic carbocycles. The molecule has 49 heavy (non-hydrogen) atoms. The summed E-state index contributed by atoms with van der Waals surface area (Å²) in [6, 6.07) is -0.307. The summed E-state index contributed by atoms with van der Waals surface area (Å²) in [4.78, 5) is 31.6. The first kappa shape index (κ1) is 37.2. The first-order chi connectivity index (χ1) is 23.1. The number of hydrogen-bond acceptors (Lipinski definition) is 8. The van der Waals surface area contributed by atoms with Crippen LogP contribution in [0.4, 0.5) is 26.3 Å². The minimum absolute atomic E-state index is 0.0137. The molecule has 8 unspecified atom stereocenters. The Hall–Kier alpha value is -1.59. The van der Waals surface area contributed by atoms with E-state index in [4.69, 9.17) is 16.3 Å². The maximum Gasteiger partial charge on any atom is 0.522 e. The Kier molecular flexibility index (Phi) is 11.2. The highest BCUT2D eigenvalue weighted by Gasteiger charge is 2.52. The minimum Gasteiger partial charge on any atom is -0.481 e. The van der Waals surface area contributed by atoms with Gasteiger partial charge in [-0.15, -0.1) is 24.8 Å². The molecule has 4 heterocycles. The number of likely N-dealkylation sites (tertiary alicyclic amines) is 1. The van der Waals surface area contributed by atoms with Crippen LogP contribution in [0.15, 0.2) is 4.79 Å². The van der Waals surface area contributed by atoms with Crippen LogP contribution in [0.5, 0.6) is 0 Å². The fourth-order valence-corrected chi connectivity index (χ4v) is 11.0. The van der Waals surface area contributed by atoms with Gasteiger partial charge in [-0.3, -0.25) is 23.8 Å². The number of fused-ring (bicyclic) bond motifs is 2. The predicted octanol–water partition coefficient (Wildman–Crippen LogP) is 5.10. The van der Waals surface area contributed by atoms with E-state index in [0.717, 1.165) is 6.42 Å². The van der Waals surface area contributed by atoms with Crippen LogP contribution in [0, 0.1) is 17.8 Å². The van der Waals surface area contributed by atoms with Crippen LogP contribution in [0.25, 0.3) is 0 Å². The normalized spacial score (nSPS) is 34.8. The van der Waals surface area contributed by atoms with E-state index in [-0.39, 0.29) is 96.8 Å². The van der Waals surface area contributed by atoms with E-state index >= 15 is 0 Å². The van der Waals surface area contributed by atoms with Crippen molar-refractivity contribution in [2.75, 3.05) is 25.4 Å². The van der Waals surface area contributed by atoms with Crippen molar-refractivity contribution in [1.82, 2.24) is 19.8 Å². The number of piperidine rings is 2. The second-order valence-corrected chi connectivity index (χ2v) is 16.1. The van der Waals surface area contributed by atoms with Gasteiger partial charge in [-0.05, 0) is 76.5 Å². The van der Waals surface area contributed by atoms with Gasteiger partial charge in [-0.2, -0.15) is 24.9 Å². The molecule has 2 N–H and O–H groups in total. The minimum atomic E-state index is -4.87. The van der Waals surface area contributed by atoms with Crippen LogP contribution < -0.4 is 10.9 Å². The Morgan fingerprint density at radius 3 is 2.49 bits per heavy atom. The zero-order chi connectivity index (χ0) is 35.2. The third kappa shape index (κ3) is 8.40. The summed E-state index contributed by atoms with van der Waals surface area (Å²) in [5, 5.41) is 13.2. The van der Waals surface area contributed by atoms with Gasteiger partial charge in [-0.25, -0.2) is 4.98 Å². The van der Waals surface area contributed by atoms with Crippen molar-refractivity contribution in [3.05, 3.63) is 27.4 Å². The molecule has 5 aliphatic rings. The standard InChI is InChI=1S/C32H43ClF6N4O5S/c1-16-12-21(27-26(40-16)23(15-49-27)29(45)46)20-13-17(33)2-5-25(20)47-11-10-43-28(44)22-14-18(3-4-24(22)41-30(43)31(34,35)36)42-8-6-19(7-9-42)48-32(37,38)39/h16-21,23,25-27,40H,2-15H2,1H3,(H,45,46)/t16?,17?,18-,20?,21?,23?,25?,26?,27?/m0/s1. The largest absolute Gasteiger partial charge is 0.522 e.